The predicted octanol–water partition coefficient (Wildman–Crippen LogP) is 0.957. The quantitative estimate of drug-likeness (QED) is 0.716. The predicted molar refractivity (Wildman–Crippen MR) is 39.2 cm³/mol. The molecule has 1 rings (SSSR count). The second-order valence-electron chi connectivity index (χ2n) is 2.62. The molecule has 12 heavy (non-hydrogen) atoms. The lowest BCUT2D eigenvalue weighted by atomic mass is 10.4. The van der Waals surface area contributed by atoms with Gasteiger partial charge in [0.2, 0.25) is 0 Å². The number of nitrogens with one attached hydrogen (secondary N) is 1. The maximum atomic E-state index is 11.1. The van der Waals surface area contributed by atoms with Crippen molar-refractivity contribution in [1.82, 2.24) is 10.3 Å². The van der Waals surface area contributed by atoms with Crippen LogP contribution in [-0.2, 0) is 5.11 Å². The van der Waals surface area contributed by atoms with E-state index in [1.807, 2.05) is 0 Å². The maximum Gasteiger partial charge on any atom is 0.308 e. The summed E-state index contributed by atoms with van der Waals surface area (Å²) in [4.78, 5) is 14.4. The summed E-state index contributed by atoms with van der Waals surface area (Å²) in [6.07, 6.45) is 0.898. The van der Waals surface area contributed by atoms with Gasteiger partial charge in [0.15, 0.2) is 6.26 Å². The van der Waals surface area contributed by atoms with Crippen molar-refractivity contribution in [2.45, 2.75) is 19.9 Å². The fraction of sp³-hybridized carbons (Fsp3) is 0.429. The zero-order valence-corrected chi connectivity index (χ0v) is 6.83. The molecule has 65 valence electrons. The second kappa shape index (κ2) is 3.25. The highest BCUT2D eigenvalue weighted by molar-refractivity contribution is 5.89. The van der Waals surface area contributed by atoms with Gasteiger partial charge in [-0.3, -0.25) is 9.90 Å². The lowest BCUT2D eigenvalue weighted by Gasteiger charge is -2.03. The lowest BCUT2D eigenvalue weighted by Crippen LogP contribution is -2.30. The second-order valence-corrected chi connectivity index (χ2v) is 2.62. The molecule has 1 amide bonds. The van der Waals surface area contributed by atoms with Crippen LogP contribution in [0.5, 0.6) is 5.88 Å². The fourth-order valence-corrected chi connectivity index (χ4v) is 0.687. The first-order chi connectivity index (χ1) is 5.59. The summed E-state index contributed by atoms with van der Waals surface area (Å²) in [6.45, 7) is 3.61. The van der Waals surface area contributed by atoms with E-state index in [2.05, 4.69) is 14.7 Å². The Morgan fingerprint density at radius 3 is 2.75 bits per heavy atom. The van der Waals surface area contributed by atoms with Crippen LogP contribution in [0.25, 0.3) is 0 Å². The van der Waals surface area contributed by atoms with Crippen molar-refractivity contribution >= 4 is 5.91 Å². The van der Waals surface area contributed by atoms with Gasteiger partial charge in [0.25, 0.3) is 5.89 Å². The van der Waals surface area contributed by atoms with Crippen LogP contribution >= 0.6 is 0 Å². The van der Waals surface area contributed by atoms with Gasteiger partial charge in [0, 0.05) is 6.04 Å². The van der Waals surface area contributed by atoms with Crippen molar-refractivity contribution in [2.75, 3.05) is 0 Å². The number of amides is 1. The van der Waals surface area contributed by atoms with E-state index in [9.17, 15) is 9.90 Å². The van der Waals surface area contributed by atoms with Crippen molar-refractivity contribution < 1.29 is 14.3 Å². The number of carbonyl (C=O) groups excluding carboxylic acids is 1. The number of aromatic nitrogens is 1. The molecule has 0 atom stereocenters. The number of rotatable bonds is 2. The number of hydrogen-bond donors (Lipinski definition) is 1. The molecular weight excluding hydrogens is 160 g/mol. The SMILES string of the molecule is CC(C)NC(=O)c1nc([O])co1. The highest BCUT2D eigenvalue weighted by Crippen LogP contribution is 2.07. The molecule has 1 aromatic rings. The highest BCUT2D eigenvalue weighted by Gasteiger charge is 2.13. The molecule has 0 aliphatic carbocycles. The Morgan fingerprint density at radius 1 is 1.67 bits per heavy atom. The van der Waals surface area contributed by atoms with E-state index in [1.54, 1.807) is 13.8 Å². The van der Waals surface area contributed by atoms with Crippen LogP contribution in [0, 0.1) is 0 Å². The third-order valence-electron chi connectivity index (χ3n) is 1.10. The molecule has 5 nitrogen and oxygen atoms in total. The van der Waals surface area contributed by atoms with Crippen molar-refractivity contribution in [3.63, 3.8) is 0 Å². The molecule has 0 fully saturated rings. The van der Waals surface area contributed by atoms with Crippen LogP contribution in [0.3, 0.4) is 0 Å². The van der Waals surface area contributed by atoms with Crippen molar-refractivity contribution in [1.29, 1.82) is 0 Å². The summed E-state index contributed by atoms with van der Waals surface area (Å²) >= 11 is 0. The Bertz CT molecular complexity index is 280. The van der Waals surface area contributed by atoms with Gasteiger partial charge < -0.3 is 9.73 Å². The van der Waals surface area contributed by atoms with Crippen LogP contribution in [0.4, 0.5) is 0 Å². The number of hydrogen-bond acceptors (Lipinski definition) is 3. The van der Waals surface area contributed by atoms with Crippen LogP contribution in [-0.4, -0.2) is 16.9 Å². The summed E-state index contributed by atoms with van der Waals surface area (Å²) < 4.78 is 4.59. The minimum atomic E-state index is -0.538. The molecule has 0 unspecified atom stereocenters. The van der Waals surface area contributed by atoms with Crippen LogP contribution < -0.4 is 5.32 Å². The van der Waals surface area contributed by atoms with Gasteiger partial charge in [-0.15, -0.1) is 0 Å². The van der Waals surface area contributed by atoms with Crippen molar-refractivity contribution in [3.8, 4) is 5.88 Å². The fourth-order valence-electron chi connectivity index (χ4n) is 0.687. The normalized spacial score (nSPS) is 10.2. The standard InChI is InChI=1S/C7H9N2O3/c1-4(2)8-6(11)7-9-5(10)3-12-7/h3-4H,1-2H3,(H,8,11). The van der Waals surface area contributed by atoms with Gasteiger partial charge in [-0.25, -0.2) is 0 Å². The van der Waals surface area contributed by atoms with Crippen LogP contribution in [0.1, 0.15) is 24.5 Å². The minimum absolute atomic E-state index is 0.000461. The van der Waals surface area contributed by atoms with E-state index in [-0.39, 0.29) is 11.9 Å². The van der Waals surface area contributed by atoms with E-state index in [0.717, 1.165) is 6.26 Å². The van der Waals surface area contributed by atoms with Crippen LogP contribution in [0.2, 0.25) is 0 Å². The topological polar surface area (TPSA) is 75.0 Å². The monoisotopic (exact) mass is 169 g/mol. The smallest absolute Gasteiger partial charge is 0.308 e. The Balaban J connectivity index is 2.65. The average Bonchev–Trinajstić information content (AvgIpc) is 2.34. The molecular formula is C7H9N2O3. The molecule has 1 radical (unpaired) electrons. The number of carbonyl (C=O) groups is 1. The lowest BCUT2D eigenvalue weighted by molar-refractivity contribution is 0.0908. The Labute approximate surface area is 69.4 Å². The summed E-state index contributed by atoms with van der Waals surface area (Å²) in [7, 11) is 0. The van der Waals surface area contributed by atoms with Crippen LogP contribution in [0.15, 0.2) is 10.7 Å². The van der Waals surface area contributed by atoms with Gasteiger partial charge in [0.05, 0.1) is 0 Å². The Hall–Kier alpha value is -1.52. The van der Waals surface area contributed by atoms with Gasteiger partial charge >= 0.3 is 11.8 Å². The molecule has 0 aliphatic heterocycles. The molecule has 5 heteroatoms. The molecule has 0 saturated heterocycles. The molecule has 0 bridgehead atoms. The number of nitrogens with zero attached hydrogens (tertiary/aromatic N) is 1. The zero-order valence-electron chi connectivity index (χ0n) is 6.83. The summed E-state index contributed by atoms with van der Waals surface area (Å²) in [5.41, 5.74) is 0. The molecule has 0 aliphatic rings. The molecule has 1 heterocycles. The van der Waals surface area contributed by atoms with Gasteiger partial charge in [-0.2, -0.15) is 4.98 Å². The van der Waals surface area contributed by atoms with Gasteiger partial charge in [-0.05, 0) is 13.8 Å². The molecule has 0 saturated carbocycles. The summed E-state index contributed by atoms with van der Waals surface area (Å²) in [5, 5.41) is 13.0. The Morgan fingerprint density at radius 2 is 2.33 bits per heavy atom. The molecule has 0 spiro atoms. The largest absolute Gasteiger partial charge is 0.437 e. The third kappa shape index (κ3) is 1.98. The van der Waals surface area contributed by atoms with E-state index < -0.39 is 11.8 Å². The molecule has 1 aromatic heterocycles. The zero-order chi connectivity index (χ0) is 9.14. The van der Waals surface area contributed by atoms with Gasteiger partial charge in [0.1, 0.15) is 0 Å². The maximum absolute atomic E-state index is 11.1. The van der Waals surface area contributed by atoms with Crippen molar-refractivity contribution in [2.24, 2.45) is 0 Å². The average molecular weight is 169 g/mol. The number of oxazole rings is 1. The summed E-state index contributed by atoms with van der Waals surface area (Å²) in [5.74, 6) is -1.19. The van der Waals surface area contributed by atoms with Crippen molar-refractivity contribution in [3.05, 3.63) is 12.2 Å². The van der Waals surface area contributed by atoms with E-state index in [0.29, 0.717) is 0 Å². The van der Waals surface area contributed by atoms with E-state index in [4.69, 9.17) is 0 Å². The Kier molecular flexibility index (Phi) is 2.32. The first-order valence-electron chi connectivity index (χ1n) is 3.53. The molecule has 1 N–H and O–H groups in total. The van der Waals surface area contributed by atoms with E-state index >= 15 is 0 Å². The third-order valence-corrected chi connectivity index (χ3v) is 1.10. The highest BCUT2D eigenvalue weighted by atomic mass is 16.4. The molecule has 0 aromatic carbocycles. The first kappa shape index (κ1) is 8.58. The van der Waals surface area contributed by atoms with Gasteiger partial charge in [-0.1, -0.05) is 0 Å². The summed E-state index contributed by atoms with van der Waals surface area (Å²) in [6, 6.07) is -0.000461. The first-order valence-corrected chi connectivity index (χ1v) is 3.53. The van der Waals surface area contributed by atoms with E-state index in [1.165, 1.54) is 0 Å². The minimum Gasteiger partial charge on any atom is -0.437 e.